The molecule has 1 aromatic rings. The largest absolute Gasteiger partial charge is 0.396 e. The van der Waals surface area contributed by atoms with Crippen molar-refractivity contribution >= 4 is 11.9 Å². The third kappa shape index (κ3) is 5.90. The molecule has 0 radical (unpaired) electrons. The Labute approximate surface area is 136 Å². The second-order valence-electron chi connectivity index (χ2n) is 5.85. The zero-order chi connectivity index (χ0) is 16.5. The number of rotatable bonds is 8. The van der Waals surface area contributed by atoms with Crippen LogP contribution in [0.15, 0.2) is 30.3 Å². The molecule has 126 valence electrons. The van der Waals surface area contributed by atoms with Crippen LogP contribution in [0, 0.1) is 0 Å². The van der Waals surface area contributed by atoms with Gasteiger partial charge in [-0.05, 0) is 24.8 Å². The number of unbranched alkanes of at least 4 members (excludes halogenated alkanes) is 2. The van der Waals surface area contributed by atoms with Crippen LogP contribution in [0.3, 0.4) is 0 Å². The van der Waals surface area contributed by atoms with Gasteiger partial charge in [-0.25, -0.2) is 4.79 Å². The Kier molecular flexibility index (Phi) is 6.87. The van der Waals surface area contributed by atoms with E-state index in [9.17, 15) is 9.59 Å². The van der Waals surface area contributed by atoms with E-state index in [1.807, 2.05) is 30.3 Å². The maximum atomic E-state index is 12.0. The van der Waals surface area contributed by atoms with Crippen LogP contribution in [0.25, 0.3) is 0 Å². The maximum absolute atomic E-state index is 12.0. The molecule has 3 amide bonds. The molecule has 0 aromatic heterocycles. The molecule has 1 atom stereocenters. The van der Waals surface area contributed by atoms with Gasteiger partial charge in [-0.1, -0.05) is 30.3 Å². The van der Waals surface area contributed by atoms with Crippen LogP contribution in [0.2, 0.25) is 0 Å². The number of nitrogens with one attached hydrogen (secondary N) is 2. The molecule has 1 aromatic carbocycles. The molecule has 1 heterocycles. The minimum Gasteiger partial charge on any atom is -0.396 e. The van der Waals surface area contributed by atoms with Gasteiger partial charge >= 0.3 is 6.03 Å². The van der Waals surface area contributed by atoms with Crippen LogP contribution in [0.1, 0.15) is 31.2 Å². The zero-order valence-corrected chi connectivity index (χ0v) is 13.3. The van der Waals surface area contributed by atoms with Gasteiger partial charge in [0.25, 0.3) is 0 Å². The lowest BCUT2D eigenvalue weighted by Crippen LogP contribution is -2.43. The summed E-state index contributed by atoms with van der Waals surface area (Å²) < 4.78 is 0. The van der Waals surface area contributed by atoms with E-state index in [2.05, 4.69) is 10.6 Å². The van der Waals surface area contributed by atoms with E-state index < -0.39 is 0 Å². The molecule has 1 aliphatic rings. The van der Waals surface area contributed by atoms with Crippen LogP contribution < -0.4 is 10.6 Å². The Morgan fingerprint density at radius 3 is 2.74 bits per heavy atom. The summed E-state index contributed by atoms with van der Waals surface area (Å²) in [5.41, 5.74) is 1.09. The highest BCUT2D eigenvalue weighted by molar-refractivity contribution is 5.81. The number of aliphatic hydroxyl groups excluding tert-OH is 1. The molecule has 1 aliphatic heterocycles. The number of hydrogen-bond acceptors (Lipinski definition) is 3. The first-order valence-corrected chi connectivity index (χ1v) is 8.16. The van der Waals surface area contributed by atoms with E-state index in [0.29, 0.717) is 26.1 Å². The number of likely N-dealkylation sites (tertiary alicyclic amines) is 1. The summed E-state index contributed by atoms with van der Waals surface area (Å²) in [7, 11) is 0. The molecule has 6 nitrogen and oxygen atoms in total. The molecule has 2 rings (SSSR count). The Hall–Kier alpha value is -2.08. The first-order valence-electron chi connectivity index (χ1n) is 8.16. The van der Waals surface area contributed by atoms with Crippen molar-refractivity contribution < 1.29 is 14.7 Å². The highest BCUT2D eigenvalue weighted by Gasteiger charge is 2.30. The van der Waals surface area contributed by atoms with E-state index in [0.717, 1.165) is 24.8 Å². The summed E-state index contributed by atoms with van der Waals surface area (Å²) in [6.45, 7) is 1.90. The fraction of sp³-hybridized carbons (Fsp3) is 0.529. The number of nitrogens with zero attached hydrogens (tertiary/aromatic N) is 1. The van der Waals surface area contributed by atoms with Gasteiger partial charge in [-0.15, -0.1) is 0 Å². The minimum atomic E-state index is -0.228. The number of benzene rings is 1. The summed E-state index contributed by atoms with van der Waals surface area (Å²) in [5.74, 6) is 0.0714. The quantitative estimate of drug-likeness (QED) is 0.631. The molecule has 23 heavy (non-hydrogen) atoms. The second-order valence-corrected chi connectivity index (χ2v) is 5.85. The highest BCUT2D eigenvalue weighted by atomic mass is 16.3. The van der Waals surface area contributed by atoms with Gasteiger partial charge in [0, 0.05) is 32.7 Å². The van der Waals surface area contributed by atoms with Gasteiger partial charge in [0.2, 0.25) is 5.91 Å². The van der Waals surface area contributed by atoms with E-state index in [1.54, 1.807) is 4.90 Å². The topological polar surface area (TPSA) is 81.7 Å². The highest BCUT2D eigenvalue weighted by Crippen LogP contribution is 2.14. The lowest BCUT2D eigenvalue weighted by molar-refractivity contribution is -0.128. The first-order chi connectivity index (χ1) is 11.2. The van der Waals surface area contributed by atoms with E-state index in [1.165, 1.54) is 0 Å². The summed E-state index contributed by atoms with van der Waals surface area (Å²) in [6, 6.07) is 9.48. The average Bonchev–Trinajstić information content (AvgIpc) is 2.87. The summed E-state index contributed by atoms with van der Waals surface area (Å²) in [5, 5.41) is 14.3. The molecule has 1 unspecified atom stereocenters. The second kappa shape index (κ2) is 9.15. The lowest BCUT2D eigenvalue weighted by Gasteiger charge is -2.17. The van der Waals surface area contributed by atoms with Gasteiger partial charge in [0.1, 0.15) is 0 Å². The van der Waals surface area contributed by atoms with Crippen molar-refractivity contribution in [3.63, 3.8) is 0 Å². The molecule has 1 saturated heterocycles. The van der Waals surface area contributed by atoms with Gasteiger partial charge in [0.05, 0.1) is 6.04 Å². The Bertz CT molecular complexity index is 507. The minimum absolute atomic E-state index is 0.0714. The fourth-order valence-electron chi connectivity index (χ4n) is 2.68. The number of carbonyl (C=O) groups excluding carboxylic acids is 2. The van der Waals surface area contributed by atoms with Crippen LogP contribution >= 0.6 is 0 Å². The molecule has 3 N–H and O–H groups in total. The third-order valence-corrected chi connectivity index (χ3v) is 3.89. The van der Waals surface area contributed by atoms with Gasteiger partial charge < -0.3 is 20.6 Å². The summed E-state index contributed by atoms with van der Waals surface area (Å²) in [6.07, 6.45) is 2.85. The van der Waals surface area contributed by atoms with Crippen molar-refractivity contribution in [2.45, 2.75) is 38.3 Å². The predicted molar refractivity (Wildman–Crippen MR) is 87.7 cm³/mol. The Morgan fingerprint density at radius 1 is 1.22 bits per heavy atom. The number of hydrogen-bond donors (Lipinski definition) is 3. The van der Waals surface area contributed by atoms with Gasteiger partial charge in [-0.2, -0.15) is 0 Å². The van der Waals surface area contributed by atoms with Crippen molar-refractivity contribution in [2.75, 3.05) is 19.7 Å². The first kappa shape index (κ1) is 17.3. The van der Waals surface area contributed by atoms with Crippen molar-refractivity contribution in [1.29, 1.82) is 0 Å². The number of carbonyl (C=O) groups is 2. The lowest BCUT2D eigenvalue weighted by atomic mass is 10.2. The number of urea groups is 1. The molecular formula is C17H25N3O3. The van der Waals surface area contributed by atoms with Crippen LogP contribution in [-0.2, 0) is 11.3 Å². The summed E-state index contributed by atoms with van der Waals surface area (Å²) in [4.78, 5) is 25.6. The molecule has 0 spiro atoms. The van der Waals surface area contributed by atoms with Crippen LogP contribution in [0.4, 0.5) is 4.79 Å². The molecular weight excluding hydrogens is 294 g/mol. The number of amides is 3. The molecule has 0 saturated carbocycles. The Balaban J connectivity index is 1.69. The van der Waals surface area contributed by atoms with Gasteiger partial charge in [-0.3, -0.25) is 4.79 Å². The SMILES string of the molecule is O=C(NCCCCCO)NC1CC(=O)N(Cc2ccccc2)C1. The smallest absolute Gasteiger partial charge is 0.315 e. The number of aliphatic hydroxyl groups is 1. The molecule has 1 fully saturated rings. The average molecular weight is 319 g/mol. The predicted octanol–water partition coefficient (Wildman–Crippen LogP) is 1.25. The van der Waals surface area contributed by atoms with E-state index in [4.69, 9.17) is 5.11 Å². The van der Waals surface area contributed by atoms with Crippen molar-refractivity contribution in [3.05, 3.63) is 35.9 Å². The van der Waals surface area contributed by atoms with Crippen molar-refractivity contribution in [2.24, 2.45) is 0 Å². The normalized spacial score (nSPS) is 17.3. The monoisotopic (exact) mass is 319 g/mol. The van der Waals surface area contributed by atoms with Crippen molar-refractivity contribution in [3.8, 4) is 0 Å². The zero-order valence-electron chi connectivity index (χ0n) is 13.3. The summed E-state index contributed by atoms with van der Waals surface area (Å²) >= 11 is 0. The Morgan fingerprint density at radius 2 is 2.00 bits per heavy atom. The van der Waals surface area contributed by atoms with Gasteiger partial charge in [0.15, 0.2) is 0 Å². The van der Waals surface area contributed by atoms with Crippen molar-refractivity contribution in [1.82, 2.24) is 15.5 Å². The maximum Gasteiger partial charge on any atom is 0.315 e. The van der Waals surface area contributed by atoms with E-state index >= 15 is 0 Å². The standard InChI is InChI=1S/C17H25N3O3/c21-10-6-2-5-9-18-17(23)19-15-11-16(22)20(13-15)12-14-7-3-1-4-8-14/h1,3-4,7-8,15,21H,2,5-6,9-13H2,(H2,18,19,23). The van der Waals surface area contributed by atoms with Crippen LogP contribution in [-0.4, -0.2) is 47.7 Å². The molecule has 0 bridgehead atoms. The molecule has 0 aliphatic carbocycles. The van der Waals surface area contributed by atoms with E-state index in [-0.39, 0.29) is 24.6 Å². The molecule has 6 heteroatoms. The third-order valence-electron chi connectivity index (χ3n) is 3.89. The van der Waals surface area contributed by atoms with Crippen LogP contribution in [0.5, 0.6) is 0 Å². The fourth-order valence-corrected chi connectivity index (χ4v) is 2.68.